The van der Waals surface area contributed by atoms with Gasteiger partial charge in [0.05, 0.1) is 65.3 Å². The summed E-state index contributed by atoms with van der Waals surface area (Å²) in [5.74, 6) is -4.93. The minimum atomic E-state index is -5.86. The molecule has 3 atom stereocenters. The highest BCUT2D eigenvalue weighted by molar-refractivity contribution is 6.39. The van der Waals surface area contributed by atoms with Crippen molar-refractivity contribution in [3.8, 4) is 17.2 Å². The molecule has 0 radical (unpaired) electrons. The van der Waals surface area contributed by atoms with Crippen molar-refractivity contribution >= 4 is 7.32 Å². The Morgan fingerprint density at radius 2 is 0.730 bits per heavy atom. The van der Waals surface area contributed by atoms with Gasteiger partial charge in [-0.3, -0.25) is 0 Å². The Bertz CT molecular complexity index is 2640. The molecular formula is C57H64BF24NO6. The van der Waals surface area contributed by atoms with Gasteiger partial charge in [-0.1, -0.05) is 77.3 Å². The first-order valence-corrected chi connectivity index (χ1v) is 27.5. The van der Waals surface area contributed by atoms with E-state index in [1.807, 2.05) is 6.92 Å². The fraction of sp³-hybridized carbons (Fsp3) is 0.579. The zero-order valence-electron chi connectivity index (χ0n) is 48.7. The number of ether oxygens (including phenoxy) is 3. The van der Waals surface area contributed by atoms with Gasteiger partial charge in [-0.2, -0.15) is 124 Å². The first-order valence-electron chi connectivity index (χ1n) is 27.5. The van der Waals surface area contributed by atoms with Crippen LogP contribution in [0, 0.1) is 6.07 Å². The molecule has 4 aromatic carbocycles. The molecule has 0 aliphatic rings. The SMILES string of the molecule is CCCCCCCCCC[N+](C(C)OCCC)(C(C)OCCC)C(C)(OCCC)c1c(OB(Oc2cc(C(F)(F)F)cc(C(F)(F)F)c2)Oc2cc(C(F)(F)F)cc(C(F)(F)F)c2)cc(C(F)(F)F)cc1C(F)(F)F.FC(F)(F)c1c[c-]cc(C(F)(F)F)c1. The third kappa shape index (κ3) is 22.1. The summed E-state index contributed by atoms with van der Waals surface area (Å²) in [6.07, 6.45) is -40.1. The van der Waals surface area contributed by atoms with Gasteiger partial charge in [-0.05, 0) is 80.6 Å². The Balaban J connectivity index is 0.00000129. The standard InChI is InChI=1S/C49H61BF18NO6.C8H3F6/c1-8-12-13-14-15-16-17-18-19-69(31(5)70-20-9-2,32(6)71-21-10-3)43(7,72-22-11-4)42-40(49(66,67)68)29-37(48(63,64)65)30-41(42)75-50(73-38-25-33(44(51,52)53)23-34(26-38)45(54,55)56)74-39-27-35(46(57,58)59)24-36(28-39)47(60,61)62;9-7(10,11)5-2-1-3-6(4-5)8(12,13)14/h23-32H,8-22H2,1-7H3;2-4H/q+1;-1. The predicted molar refractivity (Wildman–Crippen MR) is 275 cm³/mol. The van der Waals surface area contributed by atoms with Crippen LogP contribution in [0.2, 0.25) is 0 Å². The van der Waals surface area contributed by atoms with E-state index in [0.717, 1.165) is 39.0 Å². The lowest BCUT2D eigenvalue weighted by Crippen LogP contribution is -2.72. The molecule has 504 valence electrons. The van der Waals surface area contributed by atoms with Gasteiger partial charge in [-0.15, -0.1) is 6.07 Å². The molecule has 3 unspecified atom stereocenters. The van der Waals surface area contributed by atoms with E-state index < -0.39 is 165 Å². The van der Waals surface area contributed by atoms with Gasteiger partial charge in [0.15, 0.2) is 12.5 Å². The largest absolute Gasteiger partial charge is 0.864 e. The molecule has 89 heavy (non-hydrogen) atoms. The number of unbranched alkanes of at least 4 members (excludes halogenated alkanes) is 7. The van der Waals surface area contributed by atoms with Crippen molar-refractivity contribution in [1.29, 1.82) is 0 Å². The number of nitrogens with zero attached hydrogens (tertiary/aromatic N) is 1. The molecule has 7 nitrogen and oxygen atoms in total. The molecule has 0 amide bonds. The summed E-state index contributed by atoms with van der Waals surface area (Å²) in [4.78, 5) is 0. The second-order valence-corrected chi connectivity index (χ2v) is 20.4. The highest BCUT2D eigenvalue weighted by Gasteiger charge is 2.62. The summed E-state index contributed by atoms with van der Waals surface area (Å²) in [5, 5.41) is 0. The van der Waals surface area contributed by atoms with E-state index in [1.54, 1.807) is 19.9 Å². The highest BCUT2D eigenvalue weighted by atomic mass is 19.4. The number of rotatable bonds is 28. The van der Waals surface area contributed by atoms with E-state index in [1.165, 1.54) is 20.8 Å². The van der Waals surface area contributed by atoms with Crippen molar-refractivity contribution in [2.24, 2.45) is 0 Å². The Hall–Kier alpha value is -5.50. The van der Waals surface area contributed by atoms with E-state index in [-0.39, 0.29) is 75.1 Å². The van der Waals surface area contributed by atoms with Gasteiger partial charge < -0.3 is 28.2 Å². The predicted octanol–water partition coefficient (Wildman–Crippen LogP) is 20.9. The van der Waals surface area contributed by atoms with Crippen molar-refractivity contribution in [3.63, 3.8) is 0 Å². The van der Waals surface area contributed by atoms with Gasteiger partial charge in [0.2, 0.25) is 5.72 Å². The van der Waals surface area contributed by atoms with E-state index in [2.05, 4.69) is 0 Å². The lowest BCUT2D eigenvalue weighted by atomic mass is 9.89. The van der Waals surface area contributed by atoms with E-state index >= 15 is 13.2 Å². The highest BCUT2D eigenvalue weighted by Crippen LogP contribution is 2.53. The van der Waals surface area contributed by atoms with Gasteiger partial charge in [-0.25, -0.2) is 4.48 Å². The third-order valence-electron chi connectivity index (χ3n) is 13.6. The minimum Gasteiger partial charge on any atom is -0.490 e. The zero-order valence-corrected chi connectivity index (χ0v) is 48.7. The van der Waals surface area contributed by atoms with Crippen LogP contribution < -0.4 is 14.0 Å². The normalized spacial score (nSPS) is 15.1. The van der Waals surface area contributed by atoms with Crippen molar-refractivity contribution in [3.05, 3.63) is 123 Å². The minimum absolute atomic E-state index is 0.00292. The molecule has 0 aromatic heterocycles. The molecule has 4 rings (SSSR count). The van der Waals surface area contributed by atoms with Crippen LogP contribution in [0.25, 0.3) is 0 Å². The summed E-state index contributed by atoms with van der Waals surface area (Å²) < 4.78 is 368. The second-order valence-electron chi connectivity index (χ2n) is 20.4. The lowest BCUT2D eigenvalue weighted by molar-refractivity contribution is -1.07. The quantitative estimate of drug-likeness (QED) is 0.0141. The number of hydrogen-bond donors (Lipinski definition) is 0. The molecule has 0 N–H and O–H groups in total. The van der Waals surface area contributed by atoms with Crippen molar-refractivity contribution in [1.82, 2.24) is 0 Å². The summed E-state index contributed by atoms with van der Waals surface area (Å²) in [6, 6.07) is 0.861. The number of halogens is 24. The van der Waals surface area contributed by atoms with Crippen LogP contribution in [0.15, 0.2) is 66.7 Å². The molecule has 0 bridgehead atoms. The molecule has 0 aliphatic heterocycles. The Labute approximate surface area is 497 Å². The molecule has 0 heterocycles. The summed E-state index contributed by atoms with van der Waals surface area (Å²) in [5.41, 5.74) is -19.7. The van der Waals surface area contributed by atoms with Gasteiger partial charge >= 0.3 is 56.7 Å². The molecule has 32 heteroatoms. The summed E-state index contributed by atoms with van der Waals surface area (Å²) in [6.45, 7) is 9.98. The first-order chi connectivity index (χ1) is 40.7. The molecule has 0 spiro atoms. The molecule has 0 saturated heterocycles. The Morgan fingerprint density at radius 1 is 0.393 bits per heavy atom. The Kier molecular flexibility index (Phi) is 27.3. The van der Waals surface area contributed by atoms with Gasteiger partial charge in [0.25, 0.3) is 0 Å². The van der Waals surface area contributed by atoms with Crippen molar-refractivity contribution in [2.75, 3.05) is 26.4 Å². The van der Waals surface area contributed by atoms with E-state index in [0.29, 0.717) is 37.8 Å². The van der Waals surface area contributed by atoms with Gasteiger partial charge in [0.1, 0.15) is 17.2 Å². The number of benzene rings is 4. The summed E-state index contributed by atoms with van der Waals surface area (Å²) >= 11 is 0. The fourth-order valence-corrected chi connectivity index (χ4v) is 9.38. The number of alkyl halides is 24. The molecular weight excluding hydrogens is 1260 g/mol. The van der Waals surface area contributed by atoms with Crippen LogP contribution in [-0.2, 0) is 69.3 Å². The Morgan fingerprint density at radius 3 is 1.07 bits per heavy atom. The maximum absolute atomic E-state index is 15.9. The fourth-order valence-electron chi connectivity index (χ4n) is 9.38. The monoisotopic (exact) mass is 1330 g/mol. The van der Waals surface area contributed by atoms with Gasteiger partial charge in [0, 0.05) is 20.8 Å². The second kappa shape index (κ2) is 31.2. The number of hydrogen-bond acceptors (Lipinski definition) is 6. The number of quaternary nitrogens is 1. The smallest absolute Gasteiger partial charge is 0.490 e. The van der Waals surface area contributed by atoms with Crippen molar-refractivity contribution < 1.29 is 138 Å². The topological polar surface area (TPSA) is 55.4 Å². The average molecular weight is 1330 g/mol. The average Bonchev–Trinajstić information content (AvgIpc) is 0.715. The molecule has 4 aromatic rings. The van der Waals surface area contributed by atoms with Crippen LogP contribution in [0.5, 0.6) is 17.2 Å². The molecule has 0 saturated carbocycles. The van der Waals surface area contributed by atoms with Crippen LogP contribution in [0.3, 0.4) is 0 Å². The van der Waals surface area contributed by atoms with Crippen LogP contribution in [0.4, 0.5) is 105 Å². The first kappa shape index (κ1) is 77.7. The van der Waals surface area contributed by atoms with E-state index in [9.17, 15) is 92.2 Å². The molecule has 0 aliphatic carbocycles. The van der Waals surface area contributed by atoms with E-state index in [4.69, 9.17) is 28.2 Å². The summed E-state index contributed by atoms with van der Waals surface area (Å²) in [7, 11) is -3.42. The maximum atomic E-state index is 15.9. The lowest BCUT2D eigenvalue weighted by Gasteiger charge is -2.56. The molecule has 0 fully saturated rings. The van der Waals surface area contributed by atoms with Crippen LogP contribution >= 0.6 is 0 Å². The zero-order chi connectivity index (χ0) is 68.0. The third-order valence-corrected chi connectivity index (χ3v) is 13.6. The van der Waals surface area contributed by atoms with Crippen molar-refractivity contribution in [2.45, 2.75) is 187 Å². The maximum Gasteiger partial charge on any atom is 0.864 e. The van der Waals surface area contributed by atoms with Crippen LogP contribution in [0.1, 0.15) is 169 Å². The van der Waals surface area contributed by atoms with Crippen LogP contribution in [-0.4, -0.2) is 50.6 Å².